The van der Waals surface area contributed by atoms with Crippen molar-refractivity contribution >= 4 is 113 Å². The molecular formula is C80H102S10. The highest BCUT2D eigenvalue weighted by Crippen LogP contribution is 2.50. The van der Waals surface area contributed by atoms with Gasteiger partial charge in [-0.1, -0.05) is 169 Å². The molecular weight excluding hydrogens is 1280 g/mol. The van der Waals surface area contributed by atoms with Crippen LogP contribution >= 0.6 is 113 Å². The van der Waals surface area contributed by atoms with Crippen molar-refractivity contribution in [2.75, 3.05) is 0 Å². The molecule has 482 valence electrons. The topological polar surface area (TPSA) is 0 Å². The summed E-state index contributed by atoms with van der Waals surface area (Å²) >= 11 is 20.3. The first kappa shape index (κ1) is 69.8. The fourth-order valence-electron chi connectivity index (χ4n) is 12.7. The van der Waals surface area contributed by atoms with Crippen LogP contribution in [0.15, 0.2) is 97.1 Å². The minimum atomic E-state index is 1.18. The molecule has 0 atom stereocenters. The Morgan fingerprint density at radius 3 is 0.700 bits per heavy atom. The van der Waals surface area contributed by atoms with Gasteiger partial charge in [0.05, 0.1) is 0 Å². The van der Waals surface area contributed by atoms with Crippen LogP contribution in [-0.4, -0.2) is 0 Å². The lowest BCUT2D eigenvalue weighted by Gasteiger charge is -2.03. The van der Waals surface area contributed by atoms with Gasteiger partial charge < -0.3 is 0 Å². The molecule has 0 fully saturated rings. The van der Waals surface area contributed by atoms with Gasteiger partial charge in [-0.2, -0.15) is 0 Å². The predicted molar refractivity (Wildman–Crippen MR) is 419 cm³/mol. The van der Waals surface area contributed by atoms with E-state index in [0.29, 0.717) is 0 Å². The summed E-state index contributed by atoms with van der Waals surface area (Å²) in [5, 5.41) is 0. The highest BCUT2D eigenvalue weighted by molar-refractivity contribution is 7.31. The molecule has 0 aliphatic carbocycles. The molecule has 0 saturated carbocycles. The third-order valence-electron chi connectivity index (χ3n) is 17.9. The molecule has 10 aromatic rings. The van der Waals surface area contributed by atoms with Crippen molar-refractivity contribution in [3.8, 4) is 78.0 Å². The Morgan fingerprint density at radius 1 is 0.200 bits per heavy atom. The van der Waals surface area contributed by atoms with Crippen molar-refractivity contribution in [1.82, 2.24) is 0 Å². The second kappa shape index (κ2) is 37.3. The third kappa shape index (κ3) is 20.3. The number of hydrogen-bond acceptors (Lipinski definition) is 10. The second-order valence-corrected chi connectivity index (χ2v) is 36.8. The van der Waals surface area contributed by atoms with Crippen molar-refractivity contribution in [3.05, 3.63) is 139 Å². The SMILES string of the molecule is CCCCCCCCc1cc(-c2ccc(-c3cc(CCCCCCCC)c(-c4ccc(CCCCCCc5ccc(-c6sc(-c7ccc(-c8cc(CCCCCCCC)c(-c9ccc(C)s9)s8)s7)cc6CCCCCCCC)s5)s4)s3)s2)sc1-c1ccc(C)s1. The zero-order valence-corrected chi connectivity index (χ0v) is 63.5. The summed E-state index contributed by atoms with van der Waals surface area (Å²) in [6.07, 6.45) is 44.5. The first-order valence-electron chi connectivity index (χ1n) is 35.3. The van der Waals surface area contributed by atoms with Crippen molar-refractivity contribution in [3.63, 3.8) is 0 Å². The molecule has 0 N–H and O–H groups in total. The maximum Gasteiger partial charge on any atom is 0.0481 e. The van der Waals surface area contributed by atoms with Crippen LogP contribution in [0.2, 0.25) is 0 Å². The molecule has 0 aromatic carbocycles. The Kier molecular flexibility index (Phi) is 29.0. The van der Waals surface area contributed by atoms with E-state index in [1.165, 1.54) is 306 Å². The van der Waals surface area contributed by atoms with E-state index in [0.717, 1.165) is 0 Å². The van der Waals surface area contributed by atoms with Crippen LogP contribution in [-0.2, 0) is 38.5 Å². The number of hydrogen-bond donors (Lipinski definition) is 0. The van der Waals surface area contributed by atoms with Crippen molar-refractivity contribution in [1.29, 1.82) is 0 Å². The summed E-state index contributed by atoms with van der Waals surface area (Å²) in [4.78, 5) is 29.4. The van der Waals surface area contributed by atoms with E-state index in [2.05, 4.69) is 184 Å². The molecule has 0 aliphatic heterocycles. The average Bonchev–Trinajstić information content (AvgIpc) is 2.24. The van der Waals surface area contributed by atoms with Crippen LogP contribution in [0.25, 0.3) is 78.0 Å². The first-order chi connectivity index (χ1) is 44.3. The van der Waals surface area contributed by atoms with Gasteiger partial charge in [0.15, 0.2) is 0 Å². The molecule has 10 heteroatoms. The van der Waals surface area contributed by atoms with Crippen LogP contribution in [0, 0.1) is 13.8 Å². The maximum atomic E-state index is 2.59. The maximum absolute atomic E-state index is 2.59. The van der Waals surface area contributed by atoms with Gasteiger partial charge in [0.2, 0.25) is 0 Å². The standard InChI is InChI=1S/C80H102S10/c1-7-11-15-19-23-29-35-59-53-73(87-77(59)69-45-41-57(5)81-69)65-49-51-67(85-65)75-55-61(37-31-25-21-17-13-9-3)79(89-75)71-47-43-63(83-71)39-33-27-28-34-40-64-44-48-72(84-64)80-62(38-32-26-22-18-14-10-4)56-76(90-80)68-52-50-66(86-68)74-54-60(36-30-24-20-16-12-8-2)78(88-74)70-46-42-58(6)82-70/h41-56H,7-40H2,1-6H3. The van der Waals surface area contributed by atoms with Crippen LogP contribution in [0.1, 0.15) is 249 Å². The molecule has 90 heavy (non-hydrogen) atoms. The Bertz CT molecular complexity index is 3400. The van der Waals surface area contributed by atoms with Gasteiger partial charge in [-0.15, -0.1) is 113 Å². The summed E-state index contributed by atoms with van der Waals surface area (Å²) in [5.41, 5.74) is 6.26. The van der Waals surface area contributed by atoms with Crippen LogP contribution < -0.4 is 0 Å². The largest absolute Gasteiger partial charge is 0.140 e. The van der Waals surface area contributed by atoms with Gasteiger partial charge in [-0.05, 0) is 210 Å². The molecule has 0 radical (unpaired) electrons. The smallest absolute Gasteiger partial charge is 0.0481 e. The lowest BCUT2D eigenvalue weighted by molar-refractivity contribution is 0.608. The molecule has 0 unspecified atom stereocenters. The van der Waals surface area contributed by atoms with Gasteiger partial charge in [0, 0.05) is 97.5 Å². The molecule has 0 aliphatic rings. The lowest BCUT2D eigenvalue weighted by Crippen LogP contribution is -1.86. The van der Waals surface area contributed by atoms with E-state index in [1.807, 2.05) is 68.0 Å². The van der Waals surface area contributed by atoms with Gasteiger partial charge >= 0.3 is 0 Å². The lowest BCUT2D eigenvalue weighted by atomic mass is 10.0. The first-order valence-corrected chi connectivity index (χ1v) is 43.5. The van der Waals surface area contributed by atoms with E-state index in [-0.39, 0.29) is 0 Å². The van der Waals surface area contributed by atoms with E-state index in [9.17, 15) is 0 Å². The number of rotatable bonds is 43. The molecule has 0 bridgehead atoms. The summed E-state index contributed by atoms with van der Waals surface area (Å²) < 4.78 is 0. The van der Waals surface area contributed by atoms with E-state index >= 15 is 0 Å². The highest BCUT2D eigenvalue weighted by atomic mass is 32.1. The quantitative estimate of drug-likeness (QED) is 0.0334. The summed E-state index contributed by atoms with van der Waals surface area (Å²) in [5.74, 6) is 0. The molecule has 0 nitrogen and oxygen atoms in total. The van der Waals surface area contributed by atoms with Gasteiger partial charge in [-0.25, -0.2) is 0 Å². The third-order valence-corrected chi connectivity index (χ3v) is 30.6. The van der Waals surface area contributed by atoms with Crippen molar-refractivity contribution in [2.24, 2.45) is 0 Å². The fourth-order valence-corrected chi connectivity index (χ4v) is 24.3. The zero-order chi connectivity index (χ0) is 62.3. The van der Waals surface area contributed by atoms with Crippen LogP contribution in [0.5, 0.6) is 0 Å². The number of unbranched alkanes of at least 4 members (excludes halogenated alkanes) is 23. The molecule has 10 rings (SSSR count). The Morgan fingerprint density at radius 2 is 0.433 bits per heavy atom. The van der Waals surface area contributed by atoms with E-state index in [4.69, 9.17) is 0 Å². The Labute approximate surface area is 584 Å². The van der Waals surface area contributed by atoms with Crippen molar-refractivity contribution < 1.29 is 0 Å². The number of aryl methyl sites for hydroxylation is 8. The molecule has 0 amide bonds. The van der Waals surface area contributed by atoms with Crippen molar-refractivity contribution in [2.45, 2.75) is 260 Å². The van der Waals surface area contributed by atoms with Gasteiger partial charge in [0.25, 0.3) is 0 Å². The number of thiophene rings is 10. The van der Waals surface area contributed by atoms with Crippen LogP contribution in [0.3, 0.4) is 0 Å². The summed E-state index contributed by atoms with van der Waals surface area (Å²) in [6, 6.07) is 39.2. The summed E-state index contributed by atoms with van der Waals surface area (Å²) in [7, 11) is 0. The molecule has 0 saturated heterocycles. The van der Waals surface area contributed by atoms with Crippen LogP contribution in [0.4, 0.5) is 0 Å². The normalized spacial score (nSPS) is 11.8. The monoisotopic (exact) mass is 1380 g/mol. The van der Waals surface area contributed by atoms with E-state index < -0.39 is 0 Å². The minimum Gasteiger partial charge on any atom is -0.140 e. The molecule has 10 aromatic heterocycles. The fraction of sp³-hybridized carbons (Fsp3) is 0.500. The predicted octanol–water partition coefficient (Wildman–Crippen LogP) is 31.2. The van der Waals surface area contributed by atoms with Gasteiger partial charge in [-0.3, -0.25) is 0 Å². The van der Waals surface area contributed by atoms with Gasteiger partial charge in [0.1, 0.15) is 0 Å². The second-order valence-electron chi connectivity index (χ2n) is 25.5. The molecule has 10 heterocycles. The average molecular weight is 1380 g/mol. The Hall–Kier alpha value is -3.00. The molecule has 0 spiro atoms. The Balaban J connectivity index is 0.757. The minimum absolute atomic E-state index is 1.18. The summed E-state index contributed by atoms with van der Waals surface area (Å²) in [6.45, 7) is 13.8. The zero-order valence-electron chi connectivity index (χ0n) is 55.4. The highest BCUT2D eigenvalue weighted by Gasteiger charge is 2.22. The van der Waals surface area contributed by atoms with E-state index in [1.54, 1.807) is 32.0 Å².